The van der Waals surface area contributed by atoms with Gasteiger partial charge in [0.25, 0.3) is 0 Å². The van der Waals surface area contributed by atoms with Crippen molar-refractivity contribution in [2.75, 3.05) is 19.8 Å². The predicted octanol–water partition coefficient (Wildman–Crippen LogP) is 5.12. The molecule has 5 rings (SSSR count). The molecule has 196 valence electrons. The van der Waals surface area contributed by atoms with Gasteiger partial charge in [0.15, 0.2) is 0 Å². The SMILES string of the molecule is CC[C@@H](C)C(=O)N[C@H](C(=O)N1CCC[C@H]1c1nc2c(-c3ccc(F)cc3)nccc2s1)C1CCOCC1. The number of nitrogens with zero attached hydrogens (tertiary/aromatic N) is 3. The fraction of sp³-hybridized carbons (Fsp3) is 0.500. The molecule has 7 nitrogen and oxygen atoms in total. The zero-order valence-electron chi connectivity index (χ0n) is 21.3. The first-order valence-electron chi connectivity index (χ1n) is 13.2. The van der Waals surface area contributed by atoms with Crippen molar-refractivity contribution in [2.45, 2.75) is 58.0 Å². The van der Waals surface area contributed by atoms with Gasteiger partial charge in [-0.1, -0.05) is 13.8 Å². The lowest BCUT2D eigenvalue weighted by atomic mass is 9.90. The molecule has 0 saturated carbocycles. The van der Waals surface area contributed by atoms with Gasteiger partial charge in [0, 0.05) is 37.4 Å². The average molecular weight is 525 g/mol. The number of nitrogens with one attached hydrogen (secondary N) is 1. The van der Waals surface area contributed by atoms with Crippen LogP contribution < -0.4 is 5.32 Å². The number of amides is 2. The average Bonchev–Trinajstić information content (AvgIpc) is 3.59. The molecule has 0 bridgehead atoms. The quantitative estimate of drug-likeness (QED) is 0.464. The van der Waals surface area contributed by atoms with Crippen molar-refractivity contribution in [3.05, 3.63) is 47.4 Å². The number of benzene rings is 1. The third-order valence-electron chi connectivity index (χ3n) is 7.62. The van der Waals surface area contributed by atoms with Gasteiger partial charge in [0.05, 0.1) is 16.4 Å². The standard InChI is InChI=1S/C28H33FN4O3S/c1-3-17(2)26(34)31-24(19-11-15-36-16-12-19)28(35)33-14-4-5-21(33)27-32-25-22(37-27)10-13-30-23(25)18-6-8-20(29)9-7-18/h6-10,13,17,19,21,24H,3-5,11-12,14-16H2,1-2H3,(H,31,34)/t17-,21+,24+/m1/s1. The van der Waals surface area contributed by atoms with E-state index in [0.717, 1.165) is 52.9 Å². The molecule has 0 spiro atoms. The number of carbonyl (C=O) groups is 2. The Kier molecular flexibility index (Phi) is 7.81. The molecule has 0 radical (unpaired) electrons. The number of pyridine rings is 1. The molecule has 1 N–H and O–H groups in total. The minimum absolute atomic E-state index is 0.0257. The van der Waals surface area contributed by atoms with Crippen LogP contribution >= 0.6 is 11.3 Å². The molecule has 2 fully saturated rings. The molecular weight excluding hydrogens is 491 g/mol. The molecule has 3 aromatic rings. The lowest BCUT2D eigenvalue weighted by molar-refractivity contribution is -0.140. The molecule has 1 aromatic carbocycles. The smallest absolute Gasteiger partial charge is 0.246 e. The van der Waals surface area contributed by atoms with E-state index >= 15 is 0 Å². The minimum atomic E-state index is -0.558. The molecular formula is C28H33FN4O3S. The maximum absolute atomic E-state index is 14.0. The number of ether oxygens (including phenoxy) is 1. The topological polar surface area (TPSA) is 84.4 Å². The summed E-state index contributed by atoms with van der Waals surface area (Å²) < 4.78 is 20.0. The third-order valence-corrected chi connectivity index (χ3v) is 8.75. The summed E-state index contributed by atoms with van der Waals surface area (Å²) in [7, 11) is 0. The Balaban J connectivity index is 1.44. The van der Waals surface area contributed by atoms with Gasteiger partial charge in [-0.3, -0.25) is 14.6 Å². The van der Waals surface area contributed by atoms with Crippen molar-refractivity contribution in [1.82, 2.24) is 20.2 Å². The van der Waals surface area contributed by atoms with E-state index < -0.39 is 6.04 Å². The number of thiazole rings is 1. The number of aromatic nitrogens is 2. The Labute approximate surface area is 220 Å². The molecule has 2 aliphatic heterocycles. The highest BCUT2D eigenvalue weighted by molar-refractivity contribution is 7.18. The highest BCUT2D eigenvalue weighted by Crippen LogP contribution is 2.39. The van der Waals surface area contributed by atoms with E-state index in [9.17, 15) is 14.0 Å². The van der Waals surface area contributed by atoms with Crippen LogP contribution in [0.25, 0.3) is 21.5 Å². The Morgan fingerprint density at radius 3 is 2.68 bits per heavy atom. The van der Waals surface area contributed by atoms with Gasteiger partial charge in [-0.05, 0) is 68.4 Å². The van der Waals surface area contributed by atoms with Gasteiger partial charge in [-0.15, -0.1) is 11.3 Å². The van der Waals surface area contributed by atoms with Crippen LogP contribution in [0.2, 0.25) is 0 Å². The maximum atomic E-state index is 14.0. The third kappa shape index (κ3) is 5.38. The van der Waals surface area contributed by atoms with Crippen LogP contribution in [-0.2, 0) is 14.3 Å². The van der Waals surface area contributed by atoms with Crippen LogP contribution in [0.5, 0.6) is 0 Å². The summed E-state index contributed by atoms with van der Waals surface area (Å²) >= 11 is 1.57. The van der Waals surface area contributed by atoms with Crippen molar-refractivity contribution in [1.29, 1.82) is 0 Å². The van der Waals surface area contributed by atoms with E-state index in [2.05, 4.69) is 10.3 Å². The molecule has 2 amide bonds. The van der Waals surface area contributed by atoms with Crippen LogP contribution in [0, 0.1) is 17.7 Å². The van der Waals surface area contributed by atoms with Crippen LogP contribution in [0.4, 0.5) is 4.39 Å². The second-order valence-electron chi connectivity index (χ2n) is 10.0. The van der Waals surface area contributed by atoms with E-state index in [1.807, 2.05) is 24.8 Å². The molecule has 0 aliphatic carbocycles. The number of likely N-dealkylation sites (tertiary alicyclic amines) is 1. The fourth-order valence-corrected chi connectivity index (χ4v) is 6.32. The Hall–Kier alpha value is -2.91. The minimum Gasteiger partial charge on any atom is -0.381 e. The van der Waals surface area contributed by atoms with Gasteiger partial charge in [-0.2, -0.15) is 0 Å². The summed E-state index contributed by atoms with van der Waals surface area (Å²) in [6, 6.07) is 7.49. The zero-order valence-corrected chi connectivity index (χ0v) is 22.1. The summed E-state index contributed by atoms with van der Waals surface area (Å²) in [5.74, 6) is -0.485. The van der Waals surface area contributed by atoms with Crippen LogP contribution in [0.3, 0.4) is 0 Å². The largest absolute Gasteiger partial charge is 0.381 e. The number of halogens is 1. The highest BCUT2D eigenvalue weighted by Gasteiger charge is 2.40. The van der Waals surface area contributed by atoms with Gasteiger partial charge < -0.3 is 15.0 Å². The van der Waals surface area contributed by atoms with Crippen molar-refractivity contribution >= 4 is 33.4 Å². The van der Waals surface area contributed by atoms with Crippen molar-refractivity contribution < 1.29 is 18.7 Å². The zero-order chi connectivity index (χ0) is 25.9. The Morgan fingerprint density at radius 2 is 1.95 bits per heavy atom. The number of fused-ring (bicyclic) bond motifs is 1. The molecule has 2 aromatic heterocycles. The van der Waals surface area contributed by atoms with Crippen molar-refractivity contribution in [2.24, 2.45) is 11.8 Å². The molecule has 4 heterocycles. The maximum Gasteiger partial charge on any atom is 0.246 e. The molecule has 9 heteroatoms. The first-order valence-corrected chi connectivity index (χ1v) is 14.0. The Bertz CT molecular complexity index is 1260. The van der Waals surface area contributed by atoms with E-state index in [0.29, 0.717) is 25.5 Å². The molecule has 0 unspecified atom stereocenters. The van der Waals surface area contributed by atoms with Gasteiger partial charge in [-0.25, -0.2) is 9.37 Å². The first-order chi connectivity index (χ1) is 18.0. The van der Waals surface area contributed by atoms with Crippen molar-refractivity contribution in [3.63, 3.8) is 0 Å². The molecule has 37 heavy (non-hydrogen) atoms. The summed E-state index contributed by atoms with van der Waals surface area (Å²) in [5, 5.41) is 3.98. The highest BCUT2D eigenvalue weighted by atomic mass is 32.1. The lowest BCUT2D eigenvalue weighted by Crippen LogP contribution is -2.54. The Morgan fingerprint density at radius 1 is 1.19 bits per heavy atom. The normalized spacial score (nSPS) is 20.2. The number of rotatable bonds is 7. The van der Waals surface area contributed by atoms with Crippen LogP contribution in [0.15, 0.2) is 36.5 Å². The molecule has 2 saturated heterocycles. The number of hydrogen-bond donors (Lipinski definition) is 1. The monoisotopic (exact) mass is 524 g/mol. The summed E-state index contributed by atoms with van der Waals surface area (Å²) in [4.78, 5) is 38.3. The number of carbonyl (C=O) groups excluding carboxylic acids is 2. The molecule has 3 atom stereocenters. The van der Waals surface area contributed by atoms with Crippen LogP contribution in [0.1, 0.15) is 57.0 Å². The van der Waals surface area contributed by atoms with E-state index in [-0.39, 0.29) is 35.5 Å². The van der Waals surface area contributed by atoms with Gasteiger partial charge >= 0.3 is 0 Å². The second kappa shape index (κ2) is 11.2. The summed E-state index contributed by atoms with van der Waals surface area (Å²) in [6.45, 7) is 5.73. The second-order valence-corrected chi connectivity index (χ2v) is 11.1. The van der Waals surface area contributed by atoms with E-state index in [1.54, 1.807) is 29.7 Å². The van der Waals surface area contributed by atoms with Crippen LogP contribution in [-0.4, -0.2) is 52.5 Å². The predicted molar refractivity (Wildman–Crippen MR) is 141 cm³/mol. The van der Waals surface area contributed by atoms with Gasteiger partial charge in [0.1, 0.15) is 22.4 Å². The first kappa shape index (κ1) is 25.7. The fourth-order valence-electron chi connectivity index (χ4n) is 5.21. The van der Waals surface area contributed by atoms with Gasteiger partial charge in [0.2, 0.25) is 11.8 Å². The number of hydrogen-bond acceptors (Lipinski definition) is 6. The van der Waals surface area contributed by atoms with E-state index in [1.165, 1.54) is 12.1 Å². The van der Waals surface area contributed by atoms with E-state index in [4.69, 9.17) is 9.72 Å². The molecule has 2 aliphatic rings. The van der Waals surface area contributed by atoms with Crippen molar-refractivity contribution in [3.8, 4) is 11.3 Å². The lowest BCUT2D eigenvalue weighted by Gasteiger charge is -2.35. The summed E-state index contributed by atoms with van der Waals surface area (Å²) in [6.07, 6.45) is 5.68. The summed E-state index contributed by atoms with van der Waals surface area (Å²) in [5.41, 5.74) is 2.27.